The Bertz CT molecular complexity index is 354. The van der Waals surface area contributed by atoms with Crippen LogP contribution in [0, 0.1) is 0 Å². The van der Waals surface area contributed by atoms with Gasteiger partial charge in [-0.05, 0) is 12.8 Å². The first kappa shape index (κ1) is 10.1. The predicted molar refractivity (Wildman–Crippen MR) is 59.2 cm³/mol. The molecule has 0 spiro atoms. The number of aliphatic hydroxyl groups is 1. The lowest BCUT2D eigenvalue weighted by Crippen LogP contribution is -2.47. The van der Waals surface area contributed by atoms with Gasteiger partial charge in [-0.15, -0.1) is 0 Å². The Balaban J connectivity index is 1.60. The number of aromatic nitrogens is 1. The monoisotopic (exact) mass is 223 g/mol. The van der Waals surface area contributed by atoms with Gasteiger partial charge in [-0.25, -0.2) is 0 Å². The lowest BCUT2D eigenvalue weighted by atomic mass is 10.3. The van der Waals surface area contributed by atoms with Gasteiger partial charge in [-0.2, -0.15) is 4.98 Å². The molecule has 1 aliphatic heterocycles. The standard InChI is InChI=1S/C11H17N3O2/c15-7-9-8-16-11(12-9)14-5-3-13(4-6-14)10-1-2-10/h8,10,15H,1-7H2. The van der Waals surface area contributed by atoms with Crippen molar-refractivity contribution < 1.29 is 9.52 Å². The summed E-state index contributed by atoms with van der Waals surface area (Å²) in [5.74, 6) is 0. The van der Waals surface area contributed by atoms with E-state index in [1.54, 1.807) is 0 Å². The number of rotatable bonds is 3. The Morgan fingerprint density at radius 2 is 2.06 bits per heavy atom. The van der Waals surface area contributed by atoms with Crippen molar-refractivity contribution in [3.8, 4) is 0 Å². The maximum absolute atomic E-state index is 8.92. The van der Waals surface area contributed by atoms with E-state index in [-0.39, 0.29) is 6.61 Å². The van der Waals surface area contributed by atoms with Gasteiger partial charge in [0.2, 0.25) is 0 Å². The molecule has 0 atom stereocenters. The van der Waals surface area contributed by atoms with Gasteiger partial charge in [0.05, 0.1) is 6.61 Å². The number of oxazole rings is 1. The van der Waals surface area contributed by atoms with E-state index in [9.17, 15) is 0 Å². The highest BCUT2D eigenvalue weighted by molar-refractivity contribution is 5.28. The van der Waals surface area contributed by atoms with Crippen molar-refractivity contribution in [3.05, 3.63) is 12.0 Å². The molecule has 1 N–H and O–H groups in total. The number of anilines is 1. The molecule has 1 saturated carbocycles. The topological polar surface area (TPSA) is 52.7 Å². The van der Waals surface area contributed by atoms with Crippen LogP contribution < -0.4 is 4.90 Å². The molecular weight excluding hydrogens is 206 g/mol. The van der Waals surface area contributed by atoms with Crippen LogP contribution in [0.5, 0.6) is 0 Å². The maximum atomic E-state index is 8.92. The lowest BCUT2D eigenvalue weighted by Gasteiger charge is -2.33. The zero-order valence-corrected chi connectivity index (χ0v) is 9.30. The average molecular weight is 223 g/mol. The van der Waals surface area contributed by atoms with Crippen LogP contribution >= 0.6 is 0 Å². The van der Waals surface area contributed by atoms with E-state index in [1.807, 2.05) is 0 Å². The molecule has 0 radical (unpaired) electrons. The summed E-state index contributed by atoms with van der Waals surface area (Å²) in [6, 6.07) is 1.50. The van der Waals surface area contributed by atoms with Crippen LogP contribution in [-0.2, 0) is 6.61 Å². The van der Waals surface area contributed by atoms with Crippen LogP contribution in [0.25, 0.3) is 0 Å². The van der Waals surface area contributed by atoms with Crippen molar-refractivity contribution in [2.24, 2.45) is 0 Å². The Hall–Kier alpha value is -1.07. The second-order valence-corrected chi connectivity index (χ2v) is 4.53. The first-order chi connectivity index (χ1) is 7.86. The highest BCUT2D eigenvalue weighted by Gasteiger charge is 2.31. The summed E-state index contributed by atoms with van der Waals surface area (Å²) in [6.45, 7) is 4.10. The summed E-state index contributed by atoms with van der Waals surface area (Å²) in [5.41, 5.74) is 0.611. The predicted octanol–water partition coefficient (Wildman–Crippen LogP) is 0.451. The first-order valence-electron chi connectivity index (χ1n) is 5.91. The van der Waals surface area contributed by atoms with Crippen LogP contribution in [0.1, 0.15) is 18.5 Å². The Morgan fingerprint density at radius 3 is 2.62 bits per heavy atom. The fourth-order valence-corrected chi connectivity index (χ4v) is 2.23. The van der Waals surface area contributed by atoms with Gasteiger partial charge in [0.15, 0.2) is 0 Å². The molecule has 0 aromatic carbocycles. The summed E-state index contributed by atoms with van der Waals surface area (Å²) in [4.78, 5) is 8.93. The van der Waals surface area contributed by atoms with Crippen LogP contribution in [0.15, 0.2) is 10.7 Å². The van der Waals surface area contributed by atoms with Gasteiger partial charge in [-0.3, -0.25) is 4.90 Å². The molecular formula is C11H17N3O2. The Morgan fingerprint density at radius 1 is 1.31 bits per heavy atom. The molecule has 0 unspecified atom stereocenters. The average Bonchev–Trinajstić information content (AvgIpc) is 3.07. The highest BCUT2D eigenvalue weighted by Crippen LogP contribution is 2.28. The number of hydrogen-bond acceptors (Lipinski definition) is 5. The smallest absolute Gasteiger partial charge is 0.297 e. The summed E-state index contributed by atoms with van der Waals surface area (Å²) in [5, 5.41) is 8.92. The third-order valence-electron chi connectivity index (χ3n) is 3.35. The molecule has 1 aromatic rings. The van der Waals surface area contributed by atoms with Crippen LogP contribution in [0.2, 0.25) is 0 Å². The Labute approximate surface area is 94.7 Å². The zero-order chi connectivity index (χ0) is 11.0. The molecule has 1 saturated heterocycles. The van der Waals surface area contributed by atoms with Gasteiger partial charge in [0.1, 0.15) is 12.0 Å². The van der Waals surface area contributed by atoms with E-state index in [2.05, 4.69) is 14.8 Å². The maximum Gasteiger partial charge on any atom is 0.297 e. The number of aliphatic hydroxyl groups excluding tert-OH is 1. The fraction of sp³-hybridized carbons (Fsp3) is 0.727. The van der Waals surface area contributed by atoms with Crippen molar-refractivity contribution in [3.63, 3.8) is 0 Å². The highest BCUT2D eigenvalue weighted by atomic mass is 16.4. The summed E-state index contributed by atoms with van der Waals surface area (Å²) in [7, 11) is 0. The molecule has 0 amide bonds. The summed E-state index contributed by atoms with van der Waals surface area (Å²) < 4.78 is 5.34. The lowest BCUT2D eigenvalue weighted by molar-refractivity contribution is 0.243. The van der Waals surface area contributed by atoms with Gasteiger partial charge < -0.3 is 14.4 Å². The van der Waals surface area contributed by atoms with Crippen molar-refractivity contribution in [1.82, 2.24) is 9.88 Å². The fourth-order valence-electron chi connectivity index (χ4n) is 2.23. The van der Waals surface area contributed by atoms with Gasteiger partial charge in [-0.1, -0.05) is 0 Å². The largest absolute Gasteiger partial charge is 0.432 e. The van der Waals surface area contributed by atoms with Gasteiger partial charge in [0, 0.05) is 32.2 Å². The van der Waals surface area contributed by atoms with Crippen LogP contribution in [0.3, 0.4) is 0 Å². The second kappa shape index (κ2) is 4.07. The van der Waals surface area contributed by atoms with E-state index in [1.165, 1.54) is 19.1 Å². The van der Waals surface area contributed by atoms with Crippen molar-refractivity contribution >= 4 is 6.01 Å². The molecule has 2 fully saturated rings. The van der Waals surface area contributed by atoms with Gasteiger partial charge in [0.25, 0.3) is 6.01 Å². The number of hydrogen-bond donors (Lipinski definition) is 1. The van der Waals surface area contributed by atoms with E-state index in [0.717, 1.165) is 32.2 Å². The number of piperazine rings is 1. The summed E-state index contributed by atoms with van der Waals surface area (Å²) >= 11 is 0. The first-order valence-corrected chi connectivity index (χ1v) is 5.91. The second-order valence-electron chi connectivity index (χ2n) is 4.53. The van der Waals surface area contributed by atoms with Crippen LogP contribution in [-0.4, -0.2) is 47.2 Å². The Kier molecular flexibility index (Phi) is 2.57. The third kappa shape index (κ3) is 1.92. The van der Waals surface area contributed by atoms with E-state index < -0.39 is 0 Å². The number of nitrogens with zero attached hydrogens (tertiary/aromatic N) is 3. The quantitative estimate of drug-likeness (QED) is 0.806. The van der Waals surface area contributed by atoms with E-state index >= 15 is 0 Å². The molecule has 1 aliphatic carbocycles. The van der Waals surface area contributed by atoms with E-state index in [4.69, 9.17) is 9.52 Å². The molecule has 2 heterocycles. The minimum absolute atomic E-state index is 0.0501. The minimum Gasteiger partial charge on any atom is -0.432 e. The SMILES string of the molecule is OCc1coc(N2CCN(C3CC3)CC2)n1. The van der Waals surface area contributed by atoms with Crippen molar-refractivity contribution in [2.75, 3.05) is 31.1 Å². The summed E-state index contributed by atoms with van der Waals surface area (Å²) in [6.07, 6.45) is 4.27. The molecule has 2 aliphatic rings. The molecule has 3 rings (SSSR count). The molecule has 1 aromatic heterocycles. The van der Waals surface area contributed by atoms with Crippen molar-refractivity contribution in [2.45, 2.75) is 25.5 Å². The molecule has 88 valence electrons. The minimum atomic E-state index is -0.0501. The molecule has 5 heteroatoms. The normalized spacial score (nSPS) is 22.7. The third-order valence-corrected chi connectivity index (χ3v) is 3.35. The van der Waals surface area contributed by atoms with Gasteiger partial charge >= 0.3 is 0 Å². The van der Waals surface area contributed by atoms with Crippen LogP contribution in [0.4, 0.5) is 6.01 Å². The van der Waals surface area contributed by atoms with Crippen molar-refractivity contribution in [1.29, 1.82) is 0 Å². The zero-order valence-electron chi connectivity index (χ0n) is 9.30. The van der Waals surface area contributed by atoms with E-state index in [0.29, 0.717) is 11.7 Å². The molecule has 0 bridgehead atoms. The molecule has 16 heavy (non-hydrogen) atoms. The molecule has 5 nitrogen and oxygen atoms in total.